The van der Waals surface area contributed by atoms with Crippen molar-refractivity contribution >= 4 is 33.2 Å². The molecule has 0 spiro atoms. The summed E-state index contributed by atoms with van der Waals surface area (Å²) in [6.07, 6.45) is 1.72. The summed E-state index contributed by atoms with van der Waals surface area (Å²) in [5, 5.41) is 4.07. The molecule has 6 heteroatoms. The topological polar surface area (TPSA) is 64.9 Å². The highest BCUT2D eigenvalue weighted by molar-refractivity contribution is 9.11. The number of nitrogens with zero attached hydrogens (tertiary/aromatic N) is 2. The van der Waals surface area contributed by atoms with E-state index in [0.717, 1.165) is 31.2 Å². The van der Waals surface area contributed by atoms with Crippen LogP contribution in [0, 0.1) is 6.92 Å². The molecule has 0 aromatic carbocycles. The van der Waals surface area contributed by atoms with Gasteiger partial charge in [0.25, 0.3) is 0 Å². The molecule has 3 heterocycles. The summed E-state index contributed by atoms with van der Waals surface area (Å²) >= 11 is 5.11. The van der Waals surface area contributed by atoms with Crippen LogP contribution in [0.25, 0.3) is 21.8 Å². The van der Waals surface area contributed by atoms with E-state index < -0.39 is 0 Å². The normalized spacial score (nSPS) is 10.8. The molecule has 96 valence electrons. The molecule has 0 atom stereocenters. The Kier molecular flexibility index (Phi) is 3.12. The number of nitrogen functional groups attached to an aromatic ring is 1. The number of thiophene rings is 1. The Bertz CT molecular complexity index is 701. The highest BCUT2D eigenvalue weighted by Gasteiger charge is 2.20. The first-order valence-corrected chi connectivity index (χ1v) is 7.20. The van der Waals surface area contributed by atoms with Crippen LogP contribution in [0.5, 0.6) is 0 Å². The molecule has 0 fully saturated rings. The lowest BCUT2D eigenvalue weighted by Gasteiger charge is -1.99. The third-order valence-electron chi connectivity index (χ3n) is 2.73. The fourth-order valence-electron chi connectivity index (χ4n) is 1.81. The molecular formula is C13H10BrN3OS. The molecule has 3 aromatic rings. The zero-order valence-corrected chi connectivity index (χ0v) is 12.5. The molecule has 0 radical (unpaired) electrons. The monoisotopic (exact) mass is 335 g/mol. The third kappa shape index (κ3) is 2.17. The van der Waals surface area contributed by atoms with Crippen LogP contribution >= 0.6 is 27.3 Å². The van der Waals surface area contributed by atoms with Crippen molar-refractivity contribution in [3.05, 3.63) is 39.8 Å². The number of rotatable bonds is 2. The highest BCUT2D eigenvalue weighted by atomic mass is 79.9. The van der Waals surface area contributed by atoms with Crippen molar-refractivity contribution < 1.29 is 4.52 Å². The third-order valence-corrected chi connectivity index (χ3v) is 4.87. The van der Waals surface area contributed by atoms with Gasteiger partial charge in [0.2, 0.25) is 5.88 Å². The van der Waals surface area contributed by atoms with Gasteiger partial charge >= 0.3 is 0 Å². The van der Waals surface area contributed by atoms with Crippen LogP contribution in [0.1, 0.15) is 5.56 Å². The van der Waals surface area contributed by atoms with Crippen LogP contribution < -0.4 is 5.73 Å². The second kappa shape index (κ2) is 4.79. The smallest absolute Gasteiger partial charge is 0.232 e. The van der Waals surface area contributed by atoms with Crippen molar-refractivity contribution in [3.8, 4) is 21.8 Å². The first kappa shape index (κ1) is 12.4. The molecule has 3 aromatic heterocycles. The zero-order valence-electron chi connectivity index (χ0n) is 10.1. The van der Waals surface area contributed by atoms with Gasteiger partial charge in [-0.25, -0.2) is 0 Å². The van der Waals surface area contributed by atoms with Crippen LogP contribution in [0.4, 0.5) is 5.88 Å². The van der Waals surface area contributed by atoms with E-state index in [2.05, 4.69) is 32.1 Å². The van der Waals surface area contributed by atoms with E-state index in [1.165, 1.54) is 0 Å². The quantitative estimate of drug-likeness (QED) is 0.765. The summed E-state index contributed by atoms with van der Waals surface area (Å²) in [6, 6.07) is 7.72. The number of halogens is 1. The number of anilines is 1. The Morgan fingerprint density at radius 1 is 1.37 bits per heavy atom. The minimum atomic E-state index is 0.288. The molecule has 0 aliphatic carbocycles. The Balaban J connectivity index is 2.19. The number of pyridine rings is 1. The fraction of sp³-hybridized carbons (Fsp3) is 0.0769. The van der Waals surface area contributed by atoms with Gasteiger partial charge in [0, 0.05) is 6.20 Å². The number of hydrogen-bond acceptors (Lipinski definition) is 5. The maximum Gasteiger partial charge on any atom is 0.232 e. The summed E-state index contributed by atoms with van der Waals surface area (Å²) in [5.74, 6) is 0.288. The van der Waals surface area contributed by atoms with Gasteiger partial charge in [-0.3, -0.25) is 4.98 Å². The van der Waals surface area contributed by atoms with Crippen LogP contribution in [0.15, 0.2) is 38.8 Å². The van der Waals surface area contributed by atoms with Crippen molar-refractivity contribution in [3.63, 3.8) is 0 Å². The summed E-state index contributed by atoms with van der Waals surface area (Å²) in [7, 11) is 0. The van der Waals surface area contributed by atoms with E-state index in [1.54, 1.807) is 17.5 Å². The molecule has 4 nitrogen and oxygen atoms in total. The average molecular weight is 336 g/mol. The Morgan fingerprint density at radius 2 is 2.21 bits per heavy atom. The number of aryl methyl sites for hydroxylation is 1. The van der Waals surface area contributed by atoms with Crippen molar-refractivity contribution in [1.29, 1.82) is 0 Å². The van der Waals surface area contributed by atoms with Crippen molar-refractivity contribution in [1.82, 2.24) is 10.1 Å². The summed E-state index contributed by atoms with van der Waals surface area (Å²) in [6.45, 7) is 2.04. The van der Waals surface area contributed by atoms with E-state index in [-0.39, 0.29) is 5.88 Å². The van der Waals surface area contributed by atoms with Gasteiger partial charge in [-0.05, 0) is 46.6 Å². The fourth-order valence-corrected chi connectivity index (χ4v) is 3.33. The largest absolute Gasteiger partial charge is 0.367 e. The first-order chi connectivity index (χ1) is 9.16. The molecule has 0 unspecified atom stereocenters. The van der Waals surface area contributed by atoms with Gasteiger partial charge in [0.15, 0.2) is 0 Å². The minimum absolute atomic E-state index is 0.288. The Morgan fingerprint density at radius 3 is 2.84 bits per heavy atom. The summed E-state index contributed by atoms with van der Waals surface area (Å²) < 4.78 is 6.21. The Labute approximate surface area is 122 Å². The van der Waals surface area contributed by atoms with Gasteiger partial charge in [0.1, 0.15) is 5.69 Å². The zero-order chi connectivity index (χ0) is 13.4. The lowest BCUT2D eigenvalue weighted by Crippen LogP contribution is -1.88. The highest BCUT2D eigenvalue weighted by Crippen LogP contribution is 2.40. The van der Waals surface area contributed by atoms with E-state index in [0.29, 0.717) is 0 Å². The van der Waals surface area contributed by atoms with Crippen LogP contribution in [0.2, 0.25) is 0 Å². The predicted octanol–water partition coefficient (Wildman–Crippen LogP) is 4.12. The predicted molar refractivity (Wildman–Crippen MR) is 79.9 cm³/mol. The maximum atomic E-state index is 5.88. The molecule has 0 aliphatic rings. The van der Waals surface area contributed by atoms with Crippen LogP contribution in [-0.4, -0.2) is 10.1 Å². The first-order valence-electron chi connectivity index (χ1n) is 5.59. The molecule has 0 saturated carbocycles. The number of hydrogen-bond donors (Lipinski definition) is 1. The van der Waals surface area contributed by atoms with Crippen LogP contribution in [0.3, 0.4) is 0 Å². The molecule has 3 rings (SSSR count). The van der Waals surface area contributed by atoms with Crippen molar-refractivity contribution in [2.45, 2.75) is 6.92 Å². The summed E-state index contributed by atoms with van der Waals surface area (Å²) in [4.78, 5) is 5.32. The molecule has 0 saturated heterocycles. The lowest BCUT2D eigenvalue weighted by atomic mass is 10.1. The average Bonchev–Trinajstić information content (AvgIpc) is 2.95. The molecule has 19 heavy (non-hydrogen) atoms. The molecule has 0 aliphatic heterocycles. The van der Waals surface area contributed by atoms with Crippen LogP contribution in [-0.2, 0) is 0 Å². The molecule has 2 N–H and O–H groups in total. The molecular weight excluding hydrogens is 326 g/mol. The van der Waals surface area contributed by atoms with Crippen molar-refractivity contribution in [2.24, 2.45) is 0 Å². The Hall–Kier alpha value is -1.66. The van der Waals surface area contributed by atoms with Gasteiger partial charge < -0.3 is 10.3 Å². The summed E-state index contributed by atoms with van der Waals surface area (Å²) in [5.41, 5.74) is 9.28. The SMILES string of the molecule is Cc1cc(-c2noc(N)c2-c2ccccn2)sc1Br. The van der Waals surface area contributed by atoms with Gasteiger partial charge in [-0.1, -0.05) is 11.2 Å². The van der Waals surface area contributed by atoms with Gasteiger partial charge in [0.05, 0.1) is 19.9 Å². The van der Waals surface area contributed by atoms with Crippen molar-refractivity contribution in [2.75, 3.05) is 5.73 Å². The number of aromatic nitrogens is 2. The lowest BCUT2D eigenvalue weighted by molar-refractivity contribution is 0.439. The van der Waals surface area contributed by atoms with Gasteiger partial charge in [-0.2, -0.15) is 0 Å². The second-order valence-electron chi connectivity index (χ2n) is 4.05. The maximum absolute atomic E-state index is 5.88. The van der Waals surface area contributed by atoms with E-state index in [4.69, 9.17) is 10.3 Å². The minimum Gasteiger partial charge on any atom is -0.367 e. The standard InChI is InChI=1S/C13H10BrN3OS/c1-7-6-9(19-12(7)14)11-10(13(15)18-17-11)8-4-2-3-5-16-8/h2-6H,15H2,1H3. The van der Waals surface area contributed by atoms with E-state index in [9.17, 15) is 0 Å². The number of nitrogens with two attached hydrogens (primary N) is 1. The molecule has 0 amide bonds. The van der Waals surface area contributed by atoms with E-state index in [1.807, 2.05) is 25.1 Å². The van der Waals surface area contributed by atoms with Gasteiger partial charge in [-0.15, -0.1) is 11.3 Å². The van der Waals surface area contributed by atoms with E-state index >= 15 is 0 Å². The molecule has 0 bridgehead atoms. The second-order valence-corrected chi connectivity index (χ2v) is 6.42.